The van der Waals surface area contributed by atoms with E-state index in [9.17, 15) is 18.8 Å². The minimum Gasteiger partial charge on any atom is -0.464 e. The second kappa shape index (κ2) is 10.3. The Morgan fingerprint density at radius 3 is 2.37 bits per heavy atom. The Morgan fingerprint density at radius 2 is 1.86 bits per heavy atom. The number of anilines is 1. The standard InChI is InChI=1S/C24H28FN5O4S/c1-5-24(3,4)28-22(32)19(16-11-6-13(2)34-16)30(12-14-7-9-15(25)10-8-14)23(33)20-17(26)18(21(27)31)29-35-20/h6-11,19H,5,12,26H2,1-4H3,(H2,27,31)(H,28,32)/t19-/m0/s1. The highest BCUT2D eigenvalue weighted by molar-refractivity contribution is 7.09. The smallest absolute Gasteiger partial charge is 0.270 e. The van der Waals surface area contributed by atoms with Gasteiger partial charge in [0.1, 0.15) is 22.2 Å². The SMILES string of the molecule is CCC(C)(C)NC(=O)[C@H](c1ccc(C)o1)N(Cc1ccc(F)cc1)C(=O)c1snc(C(N)=O)c1N. The lowest BCUT2D eigenvalue weighted by atomic mass is 10.0. The number of aryl methyl sites for hydroxylation is 1. The summed E-state index contributed by atoms with van der Waals surface area (Å²) in [5.74, 6) is -1.65. The minimum absolute atomic E-state index is 0.0447. The maximum Gasteiger partial charge on any atom is 0.270 e. The van der Waals surface area contributed by atoms with Crippen molar-refractivity contribution >= 4 is 34.9 Å². The van der Waals surface area contributed by atoms with Crippen LogP contribution in [0.4, 0.5) is 10.1 Å². The Bertz CT molecular complexity index is 1240. The van der Waals surface area contributed by atoms with E-state index in [1.54, 1.807) is 19.1 Å². The van der Waals surface area contributed by atoms with Crippen LogP contribution in [0.1, 0.15) is 70.5 Å². The van der Waals surface area contributed by atoms with Gasteiger partial charge < -0.3 is 26.1 Å². The molecule has 0 unspecified atom stereocenters. The number of rotatable bonds is 9. The number of carbonyl (C=O) groups excluding carboxylic acids is 3. The van der Waals surface area contributed by atoms with Gasteiger partial charge in [-0.05, 0) is 68.6 Å². The number of halogens is 1. The average Bonchev–Trinajstić information content (AvgIpc) is 3.39. The number of benzene rings is 1. The number of nitrogens with zero attached hydrogens (tertiary/aromatic N) is 2. The van der Waals surface area contributed by atoms with Gasteiger partial charge in [0, 0.05) is 12.1 Å². The largest absolute Gasteiger partial charge is 0.464 e. The van der Waals surface area contributed by atoms with Gasteiger partial charge in [-0.2, -0.15) is 4.37 Å². The van der Waals surface area contributed by atoms with E-state index >= 15 is 0 Å². The molecule has 1 aromatic carbocycles. The molecule has 2 aromatic heterocycles. The van der Waals surface area contributed by atoms with E-state index in [-0.39, 0.29) is 28.6 Å². The second-order valence-corrected chi connectivity index (χ2v) is 9.55. The van der Waals surface area contributed by atoms with Crippen molar-refractivity contribution in [3.8, 4) is 0 Å². The number of nitrogen functional groups attached to an aromatic ring is 1. The molecule has 0 saturated carbocycles. The van der Waals surface area contributed by atoms with Crippen LogP contribution in [0.5, 0.6) is 0 Å². The van der Waals surface area contributed by atoms with Crippen LogP contribution in [0.3, 0.4) is 0 Å². The van der Waals surface area contributed by atoms with Crippen molar-refractivity contribution in [2.24, 2.45) is 5.73 Å². The number of aromatic nitrogens is 1. The van der Waals surface area contributed by atoms with Crippen LogP contribution >= 0.6 is 11.5 Å². The maximum atomic E-state index is 13.8. The summed E-state index contributed by atoms with van der Waals surface area (Å²) in [6, 6.07) is 7.66. The molecule has 9 nitrogen and oxygen atoms in total. The molecule has 1 atom stereocenters. The zero-order chi connectivity index (χ0) is 25.9. The van der Waals surface area contributed by atoms with E-state index in [2.05, 4.69) is 9.69 Å². The molecule has 2 heterocycles. The number of nitrogens with one attached hydrogen (secondary N) is 1. The predicted octanol–water partition coefficient (Wildman–Crippen LogP) is 3.55. The molecule has 0 saturated heterocycles. The third-order valence-electron chi connectivity index (χ3n) is 5.62. The number of carbonyl (C=O) groups is 3. The Morgan fingerprint density at radius 1 is 1.20 bits per heavy atom. The molecule has 35 heavy (non-hydrogen) atoms. The summed E-state index contributed by atoms with van der Waals surface area (Å²) in [5, 5.41) is 2.96. The van der Waals surface area contributed by atoms with Crippen LogP contribution in [0.25, 0.3) is 0 Å². The fourth-order valence-corrected chi connectivity index (χ4v) is 4.10. The van der Waals surface area contributed by atoms with Gasteiger partial charge in [0.15, 0.2) is 11.7 Å². The van der Waals surface area contributed by atoms with Gasteiger partial charge in [-0.1, -0.05) is 19.1 Å². The molecule has 3 rings (SSSR count). The summed E-state index contributed by atoms with van der Waals surface area (Å²) >= 11 is 0.712. The fraction of sp³-hybridized carbons (Fsp3) is 0.333. The fourth-order valence-electron chi connectivity index (χ4n) is 3.34. The van der Waals surface area contributed by atoms with E-state index < -0.39 is 35.1 Å². The minimum atomic E-state index is -1.19. The predicted molar refractivity (Wildman–Crippen MR) is 130 cm³/mol. The van der Waals surface area contributed by atoms with E-state index in [0.717, 1.165) is 0 Å². The first-order chi connectivity index (χ1) is 16.4. The summed E-state index contributed by atoms with van der Waals surface area (Å²) < 4.78 is 23.2. The number of furan rings is 1. The van der Waals surface area contributed by atoms with Crippen LogP contribution in [0, 0.1) is 12.7 Å². The molecule has 0 fully saturated rings. The van der Waals surface area contributed by atoms with Gasteiger partial charge in [-0.15, -0.1) is 0 Å². The van der Waals surface area contributed by atoms with Gasteiger partial charge in [0.25, 0.3) is 17.7 Å². The number of hydrogen-bond donors (Lipinski definition) is 3. The van der Waals surface area contributed by atoms with Crippen LogP contribution in [0.15, 0.2) is 40.8 Å². The van der Waals surface area contributed by atoms with Gasteiger partial charge in [-0.25, -0.2) is 4.39 Å². The lowest BCUT2D eigenvalue weighted by Gasteiger charge is -2.33. The van der Waals surface area contributed by atoms with E-state index in [0.29, 0.717) is 29.3 Å². The van der Waals surface area contributed by atoms with Crippen LogP contribution in [-0.4, -0.2) is 32.5 Å². The van der Waals surface area contributed by atoms with Crippen molar-refractivity contribution in [3.63, 3.8) is 0 Å². The molecule has 0 spiro atoms. The summed E-state index contributed by atoms with van der Waals surface area (Å²) in [6.45, 7) is 7.30. The van der Waals surface area contributed by atoms with Crippen molar-refractivity contribution in [2.45, 2.75) is 52.2 Å². The molecule has 5 N–H and O–H groups in total. The summed E-state index contributed by atoms with van der Waals surface area (Å²) in [6.07, 6.45) is 0.637. The zero-order valence-corrected chi connectivity index (χ0v) is 20.7. The number of nitrogens with two attached hydrogens (primary N) is 2. The highest BCUT2D eigenvalue weighted by Crippen LogP contribution is 2.31. The quantitative estimate of drug-likeness (QED) is 0.409. The van der Waals surface area contributed by atoms with Crippen molar-refractivity contribution in [1.82, 2.24) is 14.6 Å². The second-order valence-electron chi connectivity index (χ2n) is 8.78. The van der Waals surface area contributed by atoms with Crippen molar-refractivity contribution in [3.05, 3.63) is 69.9 Å². The van der Waals surface area contributed by atoms with Gasteiger partial charge in [0.05, 0.1) is 5.69 Å². The topological polar surface area (TPSA) is 145 Å². The van der Waals surface area contributed by atoms with Crippen molar-refractivity contribution < 1.29 is 23.2 Å². The molecule has 0 aliphatic heterocycles. The molecule has 11 heteroatoms. The van der Waals surface area contributed by atoms with Gasteiger partial charge in [-0.3, -0.25) is 14.4 Å². The van der Waals surface area contributed by atoms with E-state index in [1.807, 2.05) is 20.8 Å². The first kappa shape index (κ1) is 25.9. The van der Waals surface area contributed by atoms with Gasteiger partial charge >= 0.3 is 0 Å². The van der Waals surface area contributed by atoms with Crippen molar-refractivity contribution in [1.29, 1.82) is 0 Å². The Balaban J connectivity index is 2.13. The van der Waals surface area contributed by atoms with E-state index in [1.165, 1.54) is 29.2 Å². The highest BCUT2D eigenvalue weighted by atomic mass is 32.1. The Hall–Kier alpha value is -3.73. The zero-order valence-electron chi connectivity index (χ0n) is 19.9. The molecule has 3 amide bonds. The monoisotopic (exact) mass is 501 g/mol. The number of hydrogen-bond acceptors (Lipinski definition) is 7. The molecule has 3 aromatic rings. The molecule has 0 aliphatic carbocycles. The molecule has 0 radical (unpaired) electrons. The van der Waals surface area contributed by atoms with Crippen LogP contribution < -0.4 is 16.8 Å². The third-order valence-corrected chi connectivity index (χ3v) is 6.47. The summed E-state index contributed by atoms with van der Waals surface area (Å²) in [4.78, 5) is 40.3. The molecular weight excluding hydrogens is 473 g/mol. The van der Waals surface area contributed by atoms with E-state index in [4.69, 9.17) is 15.9 Å². The molecule has 0 bridgehead atoms. The lowest BCUT2D eigenvalue weighted by Crippen LogP contribution is -2.50. The molecular formula is C24H28FN5O4S. The normalized spacial score (nSPS) is 12.3. The Kier molecular flexibility index (Phi) is 7.59. The molecule has 186 valence electrons. The van der Waals surface area contributed by atoms with Crippen molar-refractivity contribution in [2.75, 3.05) is 5.73 Å². The first-order valence-corrected chi connectivity index (χ1v) is 11.7. The van der Waals surface area contributed by atoms with Crippen LogP contribution in [-0.2, 0) is 11.3 Å². The van der Waals surface area contributed by atoms with Gasteiger partial charge in [0.2, 0.25) is 0 Å². The Labute approximate surface area is 206 Å². The average molecular weight is 502 g/mol. The first-order valence-electron chi connectivity index (χ1n) is 10.9. The summed E-state index contributed by atoms with van der Waals surface area (Å²) in [5.41, 5.74) is 11.0. The van der Waals surface area contributed by atoms with Crippen LogP contribution in [0.2, 0.25) is 0 Å². The number of primary amides is 1. The lowest BCUT2D eigenvalue weighted by molar-refractivity contribution is -0.128. The highest BCUT2D eigenvalue weighted by Gasteiger charge is 2.38. The summed E-state index contributed by atoms with van der Waals surface area (Å²) in [7, 11) is 0. The number of amides is 3. The maximum absolute atomic E-state index is 13.8. The third kappa shape index (κ3) is 5.86. The molecule has 0 aliphatic rings.